The molecule has 2 aromatic rings. The van der Waals surface area contributed by atoms with Crippen molar-refractivity contribution in [3.8, 4) is 10.6 Å². The van der Waals surface area contributed by atoms with Crippen molar-refractivity contribution in [2.45, 2.75) is 13.3 Å². The van der Waals surface area contributed by atoms with E-state index in [0.717, 1.165) is 23.5 Å². The van der Waals surface area contributed by atoms with Gasteiger partial charge in [0.15, 0.2) is 0 Å². The predicted octanol–water partition coefficient (Wildman–Crippen LogP) is 2.21. The molecule has 106 valence electrons. The second-order valence-electron chi connectivity index (χ2n) is 5.54. The second kappa shape index (κ2) is 5.03. The number of carbonyl (C=O) groups is 1. The molecule has 1 amide bonds. The highest BCUT2D eigenvalue weighted by atomic mass is 32.1. The molecule has 0 bridgehead atoms. The van der Waals surface area contributed by atoms with Crippen LogP contribution in [0.25, 0.3) is 10.6 Å². The summed E-state index contributed by atoms with van der Waals surface area (Å²) in [4.78, 5) is 18.7. The molecule has 0 saturated carbocycles. The Morgan fingerprint density at radius 3 is 3.15 bits per heavy atom. The number of hydrogen-bond acceptors (Lipinski definition) is 5. The van der Waals surface area contributed by atoms with Gasteiger partial charge in [0.25, 0.3) is 5.91 Å². The van der Waals surface area contributed by atoms with Crippen LogP contribution in [0.3, 0.4) is 0 Å². The van der Waals surface area contributed by atoms with Gasteiger partial charge in [-0.25, -0.2) is 4.98 Å². The van der Waals surface area contributed by atoms with Crippen LogP contribution in [0.4, 0.5) is 0 Å². The third-order valence-electron chi connectivity index (χ3n) is 3.83. The summed E-state index contributed by atoms with van der Waals surface area (Å²) in [5, 5.41) is 2.62. The summed E-state index contributed by atoms with van der Waals surface area (Å²) in [6, 6.07) is 1.84. The maximum atomic E-state index is 12.4. The summed E-state index contributed by atoms with van der Waals surface area (Å²) in [6.45, 7) is 4.19. The number of nitrogens with two attached hydrogens (primary N) is 1. The van der Waals surface area contributed by atoms with Gasteiger partial charge in [0.2, 0.25) is 0 Å². The van der Waals surface area contributed by atoms with Crippen LogP contribution < -0.4 is 5.73 Å². The molecule has 0 radical (unpaired) electrons. The third-order valence-corrected chi connectivity index (χ3v) is 4.72. The Labute approximate surface area is 121 Å². The standard InChI is InChI=1S/C14H17N3O2S/c1-14(8-15)3-4-17(9-14)13(18)11-7-20-12(16-11)10-2-5-19-6-10/h2,5-7H,3-4,8-9,15H2,1H3. The van der Waals surface area contributed by atoms with Crippen molar-refractivity contribution in [1.29, 1.82) is 0 Å². The number of nitrogens with zero attached hydrogens (tertiary/aromatic N) is 2. The van der Waals surface area contributed by atoms with E-state index in [1.54, 1.807) is 12.5 Å². The highest BCUT2D eigenvalue weighted by molar-refractivity contribution is 7.13. The third kappa shape index (κ3) is 2.36. The maximum absolute atomic E-state index is 12.4. The summed E-state index contributed by atoms with van der Waals surface area (Å²) in [5.74, 6) is -0.00632. The van der Waals surface area contributed by atoms with E-state index in [9.17, 15) is 4.79 Å². The fourth-order valence-electron chi connectivity index (χ4n) is 2.42. The smallest absolute Gasteiger partial charge is 0.273 e. The van der Waals surface area contributed by atoms with Crippen LogP contribution in [-0.4, -0.2) is 35.4 Å². The van der Waals surface area contributed by atoms with Crippen LogP contribution in [-0.2, 0) is 0 Å². The van der Waals surface area contributed by atoms with Gasteiger partial charge in [-0.05, 0) is 24.4 Å². The highest BCUT2D eigenvalue weighted by Gasteiger charge is 2.35. The zero-order chi connectivity index (χ0) is 14.2. The summed E-state index contributed by atoms with van der Waals surface area (Å²) in [6.07, 6.45) is 4.19. The quantitative estimate of drug-likeness (QED) is 0.941. The molecule has 0 spiro atoms. The molecule has 6 heteroatoms. The van der Waals surface area contributed by atoms with Gasteiger partial charge >= 0.3 is 0 Å². The minimum absolute atomic E-state index is 0.00632. The fraction of sp³-hybridized carbons (Fsp3) is 0.429. The van der Waals surface area contributed by atoms with Gasteiger partial charge in [-0.2, -0.15) is 0 Å². The van der Waals surface area contributed by atoms with E-state index in [4.69, 9.17) is 10.2 Å². The van der Waals surface area contributed by atoms with Crippen LogP contribution in [0.15, 0.2) is 28.4 Å². The first-order chi connectivity index (χ1) is 9.61. The molecule has 2 aromatic heterocycles. The van der Waals surface area contributed by atoms with Gasteiger partial charge < -0.3 is 15.1 Å². The van der Waals surface area contributed by atoms with Crippen molar-refractivity contribution >= 4 is 17.2 Å². The van der Waals surface area contributed by atoms with Crippen molar-refractivity contribution in [3.63, 3.8) is 0 Å². The van der Waals surface area contributed by atoms with Gasteiger partial charge in [0.05, 0.1) is 6.26 Å². The maximum Gasteiger partial charge on any atom is 0.273 e. The molecule has 3 rings (SSSR count). The minimum atomic E-state index is -0.00632. The first-order valence-corrected chi connectivity index (χ1v) is 7.47. The molecule has 5 nitrogen and oxygen atoms in total. The fourth-order valence-corrected chi connectivity index (χ4v) is 3.20. The molecule has 1 saturated heterocycles. The van der Waals surface area contributed by atoms with E-state index < -0.39 is 0 Å². The predicted molar refractivity (Wildman–Crippen MR) is 77.5 cm³/mol. The molecule has 1 aliphatic heterocycles. The van der Waals surface area contributed by atoms with Crippen molar-refractivity contribution in [3.05, 3.63) is 29.7 Å². The zero-order valence-corrected chi connectivity index (χ0v) is 12.2. The summed E-state index contributed by atoms with van der Waals surface area (Å²) in [7, 11) is 0. The summed E-state index contributed by atoms with van der Waals surface area (Å²) in [5.41, 5.74) is 7.23. The Morgan fingerprint density at radius 2 is 2.50 bits per heavy atom. The van der Waals surface area contributed by atoms with Crippen LogP contribution in [0.1, 0.15) is 23.8 Å². The molecular formula is C14H17N3O2S. The molecule has 3 heterocycles. The van der Waals surface area contributed by atoms with E-state index >= 15 is 0 Å². The van der Waals surface area contributed by atoms with Crippen LogP contribution in [0.2, 0.25) is 0 Å². The number of hydrogen-bond donors (Lipinski definition) is 1. The highest BCUT2D eigenvalue weighted by Crippen LogP contribution is 2.30. The Balaban J connectivity index is 1.76. The molecule has 20 heavy (non-hydrogen) atoms. The number of rotatable bonds is 3. The topological polar surface area (TPSA) is 72.4 Å². The molecule has 0 aromatic carbocycles. The van der Waals surface area contributed by atoms with E-state index in [1.807, 2.05) is 16.3 Å². The molecule has 1 aliphatic rings. The van der Waals surface area contributed by atoms with E-state index in [2.05, 4.69) is 11.9 Å². The number of aromatic nitrogens is 1. The van der Waals surface area contributed by atoms with Gasteiger partial charge in [0, 0.05) is 24.0 Å². The molecule has 1 fully saturated rings. The first kappa shape index (κ1) is 13.3. The van der Waals surface area contributed by atoms with Crippen LogP contribution >= 0.6 is 11.3 Å². The van der Waals surface area contributed by atoms with Crippen LogP contribution in [0, 0.1) is 5.41 Å². The van der Waals surface area contributed by atoms with Gasteiger partial charge in [-0.3, -0.25) is 4.79 Å². The molecule has 1 unspecified atom stereocenters. The Morgan fingerprint density at radius 1 is 1.65 bits per heavy atom. The lowest BCUT2D eigenvalue weighted by Gasteiger charge is -2.22. The average Bonchev–Trinajstić information content (AvgIpc) is 3.18. The molecular weight excluding hydrogens is 274 g/mol. The normalized spacial score (nSPS) is 22.4. The minimum Gasteiger partial charge on any atom is -0.472 e. The number of carbonyl (C=O) groups excluding carboxylic acids is 1. The number of amides is 1. The Kier molecular flexibility index (Phi) is 3.35. The summed E-state index contributed by atoms with van der Waals surface area (Å²) < 4.78 is 5.04. The first-order valence-electron chi connectivity index (χ1n) is 6.59. The second-order valence-corrected chi connectivity index (χ2v) is 6.40. The molecule has 2 N–H and O–H groups in total. The van der Waals surface area contributed by atoms with Crippen molar-refractivity contribution in [1.82, 2.24) is 9.88 Å². The van der Waals surface area contributed by atoms with Crippen molar-refractivity contribution in [2.75, 3.05) is 19.6 Å². The number of furan rings is 1. The average molecular weight is 291 g/mol. The Bertz CT molecular complexity index is 608. The molecule has 0 aliphatic carbocycles. The van der Waals surface area contributed by atoms with Gasteiger partial charge in [-0.15, -0.1) is 11.3 Å². The van der Waals surface area contributed by atoms with E-state index in [1.165, 1.54) is 11.3 Å². The largest absolute Gasteiger partial charge is 0.472 e. The SMILES string of the molecule is CC1(CN)CCN(C(=O)c2csc(-c3ccoc3)n2)C1. The van der Waals surface area contributed by atoms with Crippen molar-refractivity contribution in [2.24, 2.45) is 11.1 Å². The lowest BCUT2D eigenvalue weighted by atomic mass is 9.90. The van der Waals surface area contributed by atoms with E-state index in [0.29, 0.717) is 18.8 Å². The molecule has 1 atom stereocenters. The lowest BCUT2D eigenvalue weighted by molar-refractivity contribution is 0.0772. The van der Waals surface area contributed by atoms with Gasteiger partial charge in [-0.1, -0.05) is 6.92 Å². The lowest BCUT2D eigenvalue weighted by Crippen LogP contribution is -2.34. The van der Waals surface area contributed by atoms with Crippen molar-refractivity contribution < 1.29 is 9.21 Å². The number of thiazole rings is 1. The zero-order valence-electron chi connectivity index (χ0n) is 11.3. The monoisotopic (exact) mass is 291 g/mol. The summed E-state index contributed by atoms with van der Waals surface area (Å²) >= 11 is 1.46. The Hall–Kier alpha value is -1.66. The van der Waals surface area contributed by atoms with Crippen LogP contribution in [0.5, 0.6) is 0 Å². The number of likely N-dealkylation sites (tertiary alicyclic amines) is 1. The van der Waals surface area contributed by atoms with Gasteiger partial charge in [0.1, 0.15) is 17.0 Å². The van der Waals surface area contributed by atoms with E-state index in [-0.39, 0.29) is 11.3 Å².